The quantitative estimate of drug-likeness (QED) is 0.181. The van der Waals surface area contributed by atoms with Crippen molar-refractivity contribution in [3.05, 3.63) is 29.3 Å². The Hall–Kier alpha value is -2.08. The zero-order valence-corrected chi connectivity index (χ0v) is 23.0. The topological polar surface area (TPSA) is 93.1 Å². The predicted molar refractivity (Wildman–Crippen MR) is 145 cm³/mol. The molecule has 1 saturated carbocycles. The van der Waals surface area contributed by atoms with E-state index in [1.807, 2.05) is 19.1 Å². The average molecular weight is 517 g/mol. The molecule has 1 aromatic carbocycles. The number of esters is 1. The van der Waals surface area contributed by atoms with E-state index in [9.17, 15) is 14.7 Å². The molecule has 2 N–H and O–H groups in total. The van der Waals surface area contributed by atoms with Crippen molar-refractivity contribution in [2.24, 2.45) is 17.8 Å². The van der Waals surface area contributed by atoms with Crippen molar-refractivity contribution in [3.8, 4) is 5.75 Å². The minimum absolute atomic E-state index is 0.0622. The number of carbonyl (C=O) groups excluding carboxylic acids is 1. The third-order valence-electron chi connectivity index (χ3n) is 8.40. The van der Waals surface area contributed by atoms with Crippen LogP contribution in [0.4, 0.5) is 0 Å². The Morgan fingerprint density at radius 1 is 1.00 bits per heavy atom. The second-order valence-electron chi connectivity index (χ2n) is 11.2. The maximum absolute atomic E-state index is 12.3. The Morgan fingerprint density at radius 2 is 1.76 bits per heavy atom. The summed E-state index contributed by atoms with van der Waals surface area (Å²) in [4.78, 5) is 23.3. The number of aliphatic carboxylic acids is 1. The summed E-state index contributed by atoms with van der Waals surface area (Å²) in [7, 11) is 0. The van der Waals surface area contributed by atoms with E-state index in [-0.39, 0.29) is 30.7 Å². The van der Waals surface area contributed by atoms with Gasteiger partial charge < -0.3 is 19.7 Å². The number of aliphatic hydroxyl groups excluding tert-OH is 1. The maximum atomic E-state index is 12.3. The first-order chi connectivity index (χ1) is 17.9. The summed E-state index contributed by atoms with van der Waals surface area (Å²) in [5.41, 5.74) is 2.31. The maximum Gasteiger partial charge on any atom is 0.341 e. The van der Waals surface area contributed by atoms with Crippen molar-refractivity contribution < 1.29 is 29.3 Å². The van der Waals surface area contributed by atoms with E-state index in [1.165, 1.54) is 44.1 Å². The number of ether oxygens (including phenoxy) is 2. The van der Waals surface area contributed by atoms with E-state index >= 15 is 0 Å². The minimum atomic E-state index is -0.978. The fourth-order valence-corrected chi connectivity index (χ4v) is 6.50. The zero-order chi connectivity index (χ0) is 26.6. The van der Waals surface area contributed by atoms with Crippen LogP contribution >= 0.6 is 0 Å². The number of carboxylic acids is 1. The van der Waals surface area contributed by atoms with E-state index in [1.54, 1.807) is 0 Å². The molecule has 0 aliphatic heterocycles. The largest absolute Gasteiger partial charge is 0.482 e. The highest BCUT2D eigenvalue weighted by molar-refractivity contribution is 5.69. The van der Waals surface area contributed by atoms with E-state index in [2.05, 4.69) is 13.0 Å². The van der Waals surface area contributed by atoms with Gasteiger partial charge in [0.1, 0.15) is 11.9 Å². The highest BCUT2D eigenvalue weighted by Gasteiger charge is 2.45. The van der Waals surface area contributed by atoms with Crippen molar-refractivity contribution in [3.63, 3.8) is 0 Å². The van der Waals surface area contributed by atoms with E-state index < -0.39 is 5.97 Å². The molecule has 3 rings (SSSR count). The number of hydrogen-bond donors (Lipinski definition) is 2. The summed E-state index contributed by atoms with van der Waals surface area (Å²) >= 11 is 0. The molecular formula is C31H48O6. The summed E-state index contributed by atoms with van der Waals surface area (Å²) in [5, 5.41) is 20.0. The summed E-state index contributed by atoms with van der Waals surface area (Å²) < 4.78 is 11.5. The molecule has 0 unspecified atom stereocenters. The fourth-order valence-electron chi connectivity index (χ4n) is 6.50. The predicted octanol–water partition coefficient (Wildman–Crippen LogP) is 6.49. The second kappa shape index (κ2) is 15.4. The van der Waals surface area contributed by atoms with Gasteiger partial charge in [0, 0.05) is 6.42 Å². The lowest BCUT2D eigenvalue weighted by Gasteiger charge is -2.32. The fraction of sp³-hybridized carbons (Fsp3) is 0.742. The molecule has 6 heteroatoms. The Labute approximate surface area is 223 Å². The molecule has 0 heterocycles. The van der Waals surface area contributed by atoms with Gasteiger partial charge in [-0.2, -0.15) is 0 Å². The van der Waals surface area contributed by atoms with Crippen molar-refractivity contribution >= 4 is 11.9 Å². The summed E-state index contributed by atoms with van der Waals surface area (Å²) in [6.07, 6.45) is 14.6. The Bertz CT molecular complexity index is 852. The first kappa shape index (κ1) is 29.5. The molecule has 0 spiro atoms. The summed E-state index contributed by atoms with van der Waals surface area (Å²) in [5.74, 6) is 0.542. The Balaban J connectivity index is 1.57. The molecule has 2 aliphatic rings. The molecule has 37 heavy (non-hydrogen) atoms. The molecule has 5 atom stereocenters. The molecule has 0 amide bonds. The lowest BCUT2D eigenvalue weighted by Crippen LogP contribution is -2.29. The van der Waals surface area contributed by atoms with Crippen LogP contribution in [0.5, 0.6) is 5.75 Å². The average Bonchev–Trinajstić information content (AvgIpc) is 3.17. The van der Waals surface area contributed by atoms with Crippen LogP contribution in [0, 0.1) is 17.8 Å². The molecule has 0 radical (unpaired) electrons. The number of aliphatic hydroxyl groups is 1. The second-order valence-corrected chi connectivity index (χ2v) is 11.2. The number of hydrogen-bond acceptors (Lipinski definition) is 5. The van der Waals surface area contributed by atoms with E-state index in [0.29, 0.717) is 24.0 Å². The Kier molecular flexibility index (Phi) is 12.2. The molecule has 0 saturated heterocycles. The number of carbonyl (C=O) groups is 2. The van der Waals surface area contributed by atoms with Crippen molar-refractivity contribution in [1.29, 1.82) is 0 Å². The first-order valence-corrected chi connectivity index (χ1v) is 14.8. The van der Waals surface area contributed by atoms with E-state index in [4.69, 9.17) is 14.6 Å². The van der Waals surface area contributed by atoms with E-state index in [0.717, 1.165) is 56.9 Å². The van der Waals surface area contributed by atoms with Gasteiger partial charge in [0.05, 0.1) is 6.10 Å². The Morgan fingerprint density at radius 3 is 2.49 bits per heavy atom. The normalized spacial score (nSPS) is 23.2. The number of carboxylic acid groups (broad SMARTS) is 1. The van der Waals surface area contributed by atoms with Crippen LogP contribution in [-0.4, -0.2) is 41.0 Å². The van der Waals surface area contributed by atoms with Crippen LogP contribution in [-0.2, 0) is 27.2 Å². The van der Waals surface area contributed by atoms with Gasteiger partial charge in [-0.25, -0.2) is 4.79 Å². The van der Waals surface area contributed by atoms with Gasteiger partial charge in [0.2, 0.25) is 0 Å². The number of fused-ring (bicyclic) bond motifs is 2. The third-order valence-corrected chi connectivity index (χ3v) is 8.40. The number of benzene rings is 1. The molecule has 208 valence electrons. The first-order valence-electron chi connectivity index (χ1n) is 14.8. The van der Waals surface area contributed by atoms with Gasteiger partial charge in [0.15, 0.2) is 6.61 Å². The number of rotatable bonds is 17. The van der Waals surface area contributed by atoms with Gasteiger partial charge in [0.25, 0.3) is 0 Å². The molecule has 0 bridgehead atoms. The molecule has 0 aromatic heterocycles. The van der Waals surface area contributed by atoms with Crippen LogP contribution in [0.2, 0.25) is 0 Å². The van der Waals surface area contributed by atoms with Gasteiger partial charge in [-0.1, -0.05) is 64.5 Å². The van der Waals surface area contributed by atoms with Crippen LogP contribution < -0.4 is 4.74 Å². The SMILES string of the molecule is CCCCCCCCC[C@@H](CC[C@@H]1[C@H]2Cc3cccc(OCC(=O)O)c3C[C@H]2C[C@H]1O)OC(=O)CCC. The summed E-state index contributed by atoms with van der Waals surface area (Å²) in [6, 6.07) is 5.89. The van der Waals surface area contributed by atoms with Crippen molar-refractivity contribution in [2.75, 3.05) is 6.61 Å². The standard InChI is InChI=1S/C31H48O6/c1-3-5-6-7-8-9-10-14-24(37-31(35)12-4-2)16-17-25-26-18-22-13-11-15-29(36-21-30(33)34)27(22)19-23(26)20-28(25)32/h11,13,15,23-26,28,32H,3-10,12,14,16-21H2,1-2H3,(H,33,34)/t23-,24-,25+,26-,28+/m0/s1. The van der Waals surface area contributed by atoms with Crippen molar-refractivity contribution in [2.45, 2.75) is 122 Å². The zero-order valence-electron chi connectivity index (χ0n) is 23.0. The summed E-state index contributed by atoms with van der Waals surface area (Å²) in [6.45, 7) is 3.90. The number of unbranched alkanes of at least 4 members (excludes halogenated alkanes) is 6. The van der Waals surface area contributed by atoms with Gasteiger partial charge in [-0.05, 0) is 86.3 Å². The van der Waals surface area contributed by atoms with Crippen LogP contribution in [0.1, 0.15) is 108 Å². The smallest absolute Gasteiger partial charge is 0.341 e. The molecule has 6 nitrogen and oxygen atoms in total. The molecule has 1 fully saturated rings. The minimum Gasteiger partial charge on any atom is -0.482 e. The highest BCUT2D eigenvalue weighted by atomic mass is 16.5. The van der Waals surface area contributed by atoms with Gasteiger partial charge >= 0.3 is 11.9 Å². The van der Waals surface area contributed by atoms with Crippen LogP contribution in [0.25, 0.3) is 0 Å². The molecule has 1 aromatic rings. The monoisotopic (exact) mass is 516 g/mol. The lowest BCUT2D eigenvalue weighted by atomic mass is 9.73. The van der Waals surface area contributed by atoms with Gasteiger partial charge in [-0.3, -0.25) is 4.79 Å². The van der Waals surface area contributed by atoms with Crippen molar-refractivity contribution in [1.82, 2.24) is 0 Å². The lowest BCUT2D eigenvalue weighted by molar-refractivity contribution is -0.150. The molecular weight excluding hydrogens is 468 g/mol. The third kappa shape index (κ3) is 9.01. The highest BCUT2D eigenvalue weighted by Crippen LogP contribution is 2.48. The van der Waals surface area contributed by atoms with Crippen LogP contribution in [0.3, 0.4) is 0 Å². The molecule has 2 aliphatic carbocycles. The van der Waals surface area contributed by atoms with Gasteiger partial charge in [-0.15, -0.1) is 0 Å². The van der Waals surface area contributed by atoms with Crippen LogP contribution in [0.15, 0.2) is 18.2 Å².